The van der Waals surface area contributed by atoms with Crippen molar-refractivity contribution >= 4 is 23.3 Å². The Kier molecular flexibility index (Phi) is 5.05. The summed E-state index contributed by atoms with van der Waals surface area (Å²) in [4.78, 5) is 27.6. The van der Waals surface area contributed by atoms with Crippen molar-refractivity contribution in [2.75, 3.05) is 26.7 Å². The van der Waals surface area contributed by atoms with Crippen LogP contribution in [0.4, 0.5) is 0 Å². The number of fused-ring (bicyclic) bond motifs is 1. The Morgan fingerprint density at radius 2 is 2.12 bits per heavy atom. The Morgan fingerprint density at radius 1 is 1.35 bits per heavy atom. The van der Waals surface area contributed by atoms with Crippen molar-refractivity contribution in [3.05, 3.63) is 35.6 Å². The van der Waals surface area contributed by atoms with Gasteiger partial charge in [-0.05, 0) is 11.5 Å². The highest BCUT2D eigenvalue weighted by atomic mass is 16.5. The minimum atomic E-state index is -0.399. The topological polar surface area (TPSA) is 63.0 Å². The summed E-state index contributed by atoms with van der Waals surface area (Å²) in [5.41, 5.74) is 2.05. The van der Waals surface area contributed by atoms with Crippen LogP contribution in [0.3, 0.4) is 0 Å². The first kappa shape index (κ1) is 18.5. The highest BCUT2D eigenvalue weighted by molar-refractivity contribution is 6.02. The van der Waals surface area contributed by atoms with Crippen LogP contribution < -0.4 is 0 Å². The zero-order valence-corrected chi connectivity index (χ0v) is 15.8. The van der Waals surface area contributed by atoms with Gasteiger partial charge in [0.05, 0.1) is 13.4 Å². The van der Waals surface area contributed by atoms with Gasteiger partial charge in [0.15, 0.2) is 0 Å². The summed E-state index contributed by atoms with van der Waals surface area (Å²) >= 11 is 0. The monoisotopic (exact) mass is 358 g/mol. The highest BCUT2D eigenvalue weighted by Gasteiger charge is 2.35. The first-order chi connectivity index (χ1) is 12.3. The molecule has 0 N–H and O–H groups in total. The molecule has 2 heterocycles. The van der Waals surface area contributed by atoms with E-state index in [1.54, 1.807) is 12.3 Å². The fourth-order valence-electron chi connectivity index (χ4n) is 3.64. The van der Waals surface area contributed by atoms with Crippen LogP contribution in [0.2, 0.25) is 0 Å². The molecule has 6 nitrogen and oxygen atoms in total. The summed E-state index contributed by atoms with van der Waals surface area (Å²) in [5.74, 6) is -0.399. The van der Waals surface area contributed by atoms with E-state index in [-0.39, 0.29) is 11.5 Å². The Bertz CT molecular complexity index is 806. The van der Waals surface area contributed by atoms with Gasteiger partial charge in [0.25, 0.3) is 0 Å². The van der Waals surface area contributed by atoms with Gasteiger partial charge in [0, 0.05) is 43.2 Å². The number of carbonyl (C=O) groups is 2. The van der Waals surface area contributed by atoms with Crippen molar-refractivity contribution in [1.29, 1.82) is 0 Å². The van der Waals surface area contributed by atoms with Gasteiger partial charge < -0.3 is 14.1 Å². The SMILES string of the molecule is COC(=O)c1cccc2c(CN3CCN(C=O)C(C(C)(C)C)C3)coc12. The van der Waals surface area contributed by atoms with Crippen LogP contribution in [-0.4, -0.2) is 55.0 Å². The number of carbonyl (C=O) groups excluding carboxylic acids is 2. The molecule has 1 unspecified atom stereocenters. The van der Waals surface area contributed by atoms with Crippen LogP contribution in [0.25, 0.3) is 11.0 Å². The first-order valence-electron chi connectivity index (χ1n) is 8.86. The third-order valence-corrected chi connectivity index (χ3v) is 5.12. The fourth-order valence-corrected chi connectivity index (χ4v) is 3.64. The molecule has 26 heavy (non-hydrogen) atoms. The lowest BCUT2D eigenvalue weighted by molar-refractivity contribution is -0.126. The summed E-state index contributed by atoms with van der Waals surface area (Å²) in [5, 5.41) is 0.929. The molecule has 1 fully saturated rings. The van der Waals surface area contributed by atoms with Crippen molar-refractivity contribution < 1.29 is 18.7 Å². The van der Waals surface area contributed by atoms with E-state index < -0.39 is 5.97 Å². The van der Waals surface area contributed by atoms with E-state index in [0.717, 1.165) is 37.0 Å². The van der Waals surface area contributed by atoms with E-state index in [4.69, 9.17) is 9.15 Å². The van der Waals surface area contributed by atoms with Crippen LogP contribution in [0.15, 0.2) is 28.9 Å². The van der Waals surface area contributed by atoms with Crippen molar-refractivity contribution in [2.24, 2.45) is 5.41 Å². The molecule has 1 aliphatic rings. The van der Waals surface area contributed by atoms with Crippen LogP contribution in [-0.2, 0) is 16.1 Å². The van der Waals surface area contributed by atoms with Crippen LogP contribution in [0.1, 0.15) is 36.7 Å². The number of hydrogen-bond acceptors (Lipinski definition) is 5. The zero-order valence-electron chi connectivity index (χ0n) is 15.8. The number of nitrogens with zero attached hydrogens (tertiary/aromatic N) is 2. The lowest BCUT2D eigenvalue weighted by atomic mass is 9.84. The number of hydrogen-bond donors (Lipinski definition) is 0. The van der Waals surface area contributed by atoms with E-state index in [9.17, 15) is 9.59 Å². The number of furan rings is 1. The number of rotatable bonds is 4. The molecule has 1 amide bonds. The van der Waals surface area contributed by atoms with Crippen molar-refractivity contribution in [2.45, 2.75) is 33.4 Å². The quantitative estimate of drug-likeness (QED) is 0.621. The minimum Gasteiger partial charge on any atom is -0.465 e. The molecule has 0 radical (unpaired) electrons. The smallest absolute Gasteiger partial charge is 0.341 e. The second kappa shape index (κ2) is 7.11. The predicted octanol–water partition coefficient (Wildman–Crippen LogP) is 2.91. The van der Waals surface area contributed by atoms with Gasteiger partial charge in [0.1, 0.15) is 11.1 Å². The highest BCUT2D eigenvalue weighted by Crippen LogP contribution is 2.30. The number of para-hydroxylation sites is 1. The molecule has 0 spiro atoms. The van der Waals surface area contributed by atoms with Crippen LogP contribution in [0.5, 0.6) is 0 Å². The standard InChI is InChI=1S/C20H26N2O4/c1-20(2,3)17-11-21(8-9-22(17)13-23)10-14-12-26-18-15(14)6-5-7-16(18)19(24)25-4/h5-7,12-13,17H,8-11H2,1-4H3. The van der Waals surface area contributed by atoms with Crippen LogP contribution >= 0.6 is 0 Å². The lowest BCUT2D eigenvalue weighted by Crippen LogP contribution is -2.57. The van der Waals surface area contributed by atoms with E-state index >= 15 is 0 Å². The van der Waals surface area contributed by atoms with Gasteiger partial charge in [0.2, 0.25) is 6.41 Å². The van der Waals surface area contributed by atoms with E-state index in [0.29, 0.717) is 17.7 Å². The molecular formula is C20H26N2O4. The van der Waals surface area contributed by atoms with Gasteiger partial charge in [-0.15, -0.1) is 0 Å². The number of piperazine rings is 1. The van der Waals surface area contributed by atoms with Crippen molar-refractivity contribution in [1.82, 2.24) is 9.80 Å². The second-order valence-corrected chi connectivity index (χ2v) is 7.89. The molecule has 1 aromatic carbocycles. The van der Waals surface area contributed by atoms with Gasteiger partial charge >= 0.3 is 5.97 Å². The molecule has 1 aromatic heterocycles. The maximum atomic E-state index is 11.9. The summed E-state index contributed by atoms with van der Waals surface area (Å²) < 4.78 is 10.5. The molecular weight excluding hydrogens is 332 g/mol. The van der Waals surface area contributed by atoms with Crippen LogP contribution in [0, 0.1) is 5.41 Å². The van der Waals surface area contributed by atoms with Crippen molar-refractivity contribution in [3.8, 4) is 0 Å². The van der Waals surface area contributed by atoms with E-state index in [2.05, 4.69) is 25.7 Å². The van der Waals surface area contributed by atoms with E-state index in [1.807, 2.05) is 17.0 Å². The summed E-state index contributed by atoms with van der Waals surface area (Å²) in [6.07, 6.45) is 2.68. The van der Waals surface area contributed by atoms with Gasteiger partial charge in [-0.1, -0.05) is 32.9 Å². The molecule has 1 atom stereocenters. The van der Waals surface area contributed by atoms with E-state index in [1.165, 1.54) is 7.11 Å². The molecule has 0 saturated carbocycles. The lowest BCUT2D eigenvalue weighted by Gasteiger charge is -2.45. The maximum absolute atomic E-state index is 11.9. The molecule has 3 rings (SSSR count). The average Bonchev–Trinajstić information content (AvgIpc) is 3.03. The zero-order chi connectivity index (χ0) is 18.9. The first-order valence-corrected chi connectivity index (χ1v) is 8.86. The molecule has 0 aliphatic carbocycles. The Labute approximate surface area is 153 Å². The second-order valence-electron chi connectivity index (χ2n) is 7.89. The molecule has 1 saturated heterocycles. The third kappa shape index (κ3) is 3.46. The third-order valence-electron chi connectivity index (χ3n) is 5.12. The maximum Gasteiger partial charge on any atom is 0.341 e. The fraction of sp³-hybridized carbons (Fsp3) is 0.500. The number of esters is 1. The van der Waals surface area contributed by atoms with Gasteiger partial charge in [-0.3, -0.25) is 9.69 Å². The number of benzene rings is 1. The van der Waals surface area contributed by atoms with Gasteiger partial charge in [-0.2, -0.15) is 0 Å². The Balaban J connectivity index is 1.83. The Morgan fingerprint density at radius 3 is 2.77 bits per heavy atom. The summed E-state index contributed by atoms with van der Waals surface area (Å²) in [7, 11) is 1.37. The number of ether oxygens (including phenoxy) is 1. The summed E-state index contributed by atoms with van der Waals surface area (Å²) in [6.45, 7) is 9.54. The molecule has 2 aromatic rings. The molecule has 1 aliphatic heterocycles. The molecule has 0 bridgehead atoms. The Hall–Kier alpha value is -2.34. The largest absolute Gasteiger partial charge is 0.465 e. The minimum absolute atomic E-state index is 0.0100. The number of methoxy groups -OCH3 is 1. The molecule has 6 heteroatoms. The molecule has 140 valence electrons. The predicted molar refractivity (Wildman–Crippen MR) is 98.8 cm³/mol. The van der Waals surface area contributed by atoms with Gasteiger partial charge in [-0.25, -0.2) is 4.79 Å². The normalized spacial score (nSPS) is 18.9. The summed E-state index contributed by atoms with van der Waals surface area (Å²) in [6, 6.07) is 5.68. The number of amides is 1. The average molecular weight is 358 g/mol. The van der Waals surface area contributed by atoms with Crippen molar-refractivity contribution in [3.63, 3.8) is 0 Å².